The summed E-state index contributed by atoms with van der Waals surface area (Å²) in [6.07, 6.45) is 5.86. The van der Waals surface area contributed by atoms with Crippen molar-refractivity contribution in [1.82, 2.24) is 10.3 Å². The van der Waals surface area contributed by atoms with Gasteiger partial charge in [-0.15, -0.1) is 22.9 Å². The van der Waals surface area contributed by atoms with Crippen LogP contribution in [0.25, 0.3) is 0 Å². The monoisotopic (exact) mass is 273 g/mol. The van der Waals surface area contributed by atoms with Crippen molar-refractivity contribution in [2.24, 2.45) is 0 Å². The highest BCUT2D eigenvalue weighted by atomic mass is 35.5. The first-order valence-corrected chi connectivity index (χ1v) is 7.27. The van der Waals surface area contributed by atoms with Gasteiger partial charge in [0.2, 0.25) is 0 Å². The fraction of sp³-hybridized carbons (Fsp3) is 0.636. The SMILES string of the molecule is O=C(Nc1nc(CCl)cs1)NC1CCCCC1. The van der Waals surface area contributed by atoms with E-state index in [-0.39, 0.29) is 6.03 Å². The number of rotatable bonds is 3. The van der Waals surface area contributed by atoms with Gasteiger partial charge in [0.05, 0.1) is 11.6 Å². The first kappa shape index (κ1) is 12.6. The van der Waals surface area contributed by atoms with E-state index in [1.165, 1.54) is 30.6 Å². The van der Waals surface area contributed by atoms with E-state index in [0.29, 0.717) is 17.1 Å². The summed E-state index contributed by atoms with van der Waals surface area (Å²) in [6, 6.07) is 0.156. The second-order valence-corrected chi connectivity index (χ2v) is 5.34. The molecule has 17 heavy (non-hydrogen) atoms. The number of halogens is 1. The summed E-state index contributed by atoms with van der Waals surface area (Å²) in [4.78, 5) is 15.9. The maximum Gasteiger partial charge on any atom is 0.321 e. The van der Waals surface area contributed by atoms with Gasteiger partial charge in [-0.25, -0.2) is 9.78 Å². The number of aromatic nitrogens is 1. The van der Waals surface area contributed by atoms with Crippen molar-refractivity contribution in [3.8, 4) is 0 Å². The van der Waals surface area contributed by atoms with Gasteiger partial charge in [-0.3, -0.25) is 5.32 Å². The lowest BCUT2D eigenvalue weighted by molar-refractivity contribution is 0.244. The average molecular weight is 274 g/mol. The molecule has 0 spiro atoms. The minimum absolute atomic E-state index is 0.160. The van der Waals surface area contributed by atoms with Gasteiger partial charge in [0.25, 0.3) is 0 Å². The molecule has 1 heterocycles. The van der Waals surface area contributed by atoms with Crippen molar-refractivity contribution in [1.29, 1.82) is 0 Å². The van der Waals surface area contributed by atoms with Gasteiger partial charge in [-0.2, -0.15) is 0 Å². The molecule has 1 saturated carbocycles. The number of thiazole rings is 1. The molecular formula is C11H16ClN3OS. The van der Waals surface area contributed by atoms with Crippen molar-refractivity contribution in [3.63, 3.8) is 0 Å². The van der Waals surface area contributed by atoms with Crippen LogP contribution in [-0.2, 0) is 5.88 Å². The molecule has 0 bridgehead atoms. The van der Waals surface area contributed by atoms with Crippen LogP contribution in [0.5, 0.6) is 0 Å². The predicted octanol–water partition coefficient (Wildman–Crippen LogP) is 3.34. The molecule has 2 rings (SSSR count). The minimum atomic E-state index is -0.160. The fourth-order valence-corrected chi connectivity index (χ4v) is 2.92. The first-order chi connectivity index (χ1) is 8.28. The van der Waals surface area contributed by atoms with Gasteiger partial charge < -0.3 is 5.32 Å². The molecule has 0 aromatic carbocycles. The summed E-state index contributed by atoms with van der Waals surface area (Å²) in [7, 11) is 0. The van der Waals surface area contributed by atoms with Gasteiger partial charge in [-0.05, 0) is 12.8 Å². The van der Waals surface area contributed by atoms with Gasteiger partial charge in [0, 0.05) is 11.4 Å². The highest BCUT2D eigenvalue weighted by Crippen LogP contribution is 2.19. The molecule has 1 aromatic heterocycles. The molecule has 0 saturated heterocycles. The van der Waals surface area contributed by atoms with E-state index in [9.17, 15) is 4.79 Å². The summed E-state index contributed by atoms with van der Waals surface area (Å²) < 4.78 is 0. The van der Waals surface area contributed by atoms with E-state index in [0.717, 1.165) is 18.5 Å². The lowest BCUT2D eigenvalue weighted by Crippen LogP contribution is -2.38. The summed E-state index contributed by atoms with van der Waals surface area (Å²) in [6.45, 7) is 0. The number of amides is 2. The molecule has 4 nitrogen and oxygen atoms in total. The standard InChI is InChI=1S/C11H16ClN3OS/c12-6-9-7-17-11(14-9)15-10(16)13-8-4-2-1-3-5-8/h7-8H,1-6H2,(H2,13,14,15,16). The molecule has 2 N–H and O–H groups in total. The van der Waals surface area contributed by atoms with Crippen LogP contribution < -0.4 is 10.6 Å². The normalized spacial score (nSPS) is 16.8. The van der Waals surface area contributed by atoms with Crippen LogP contribution in [0.15, 0.2) is 5.38 Å². The van der Waals surface area contributed by atoms with E-state index in [1.807, 2.05) is 5.38 Å². The zero-order chi connectivity index (χ0) is 12.1. The highest BCUT2D eigenvalue weighted by molar-refractivity contribution is 7.13. The number of carbonyl (C=O) groups is 1. The van der Waals surface area contributed by atoms with Crippen molar-refractivity contribution >= 4 is 34.1 Å². The quantitative estimate of drug-likeness (QED) is 0.830. The van der Waals surface area contributed by atoms with Crippen LogP contribution in [0.4, 0.5) is 9.93 Å². The van der Waals surface area contributed by atoms with Crippen LogP contribution in [0, 0.1) is 0 Å². The molecule has 1 aliphatic rings. The molecular weight excluding hydrogens is 258 g/mol. The van der Waals surface area contributed by atoms with Crippen LogP contribution in [-0.4, -0.2) is 17.1 Å². The summed E-state index contributed by atoms with van der Waals surface area (Å²) in [5, 5.41) is 8.18. The van der Waals surface area contributed by atoms with Crippen molar-refractivity contribution in [2.45, 2.75) is 44.0 Å². The Morgan fingerprint density at radius 1 is 1.47 bits per heavy atom. The zero-order valence-electron chi connectivity index (χ0n) is 9.54. The Kier molecular flexibility index (Phi) is 4.62. The smallest absolute Gasteiger partial charge is 0.321 e. The van der Waals surface area contributed by atoms with Crippen LogP contribution in [0.2, 0.25) is 0 Å². The first-order valence-electron chi connectivity index (χ1n) is 5.86. The maximum atomic E-state index is 11.7. The number of nitrogens with one attached hydrogen (secondary N) is 2. The van der Waals surface area contributed by atoms with E-state index in [1.54, 1.807) is 0 Å². The fourth-order valence-electron chi connectivity index (χ4n) is 1.99. The number of hydrogen-bond acceptors (Lipinski definition) is 3. The molecule has 0 radical (unpaired) electrons. The third-order valence-corrected chi connectivity index (χ3v) is 3.93. The van der Waals surface area contributed by atoms with Crippen LogP contribution in [0.1, 0.15) is 37.8 Å². The largest absolute Gasteiger partial charge is 0.335 e. The lowest BCUT2D eigenvalue weighted by atomic mass is 9.96. The molecule has 0 atom stereocenters. The summed E-state index contributed by atoms with van der Waals surface area (Å²) in [5.41, 5.74) is 0.796. The Bertz CT molecular complexity index is 377. The number of carbonyl (C=O) groups excluding carboxylic acids is 1. The number of nitrogens with zero attached hydrogens (tertiary/aromatic N) is 1. The third-order valence-electron chi connectivity index (χ3n) is 2.85. The Balaban J connectivity index is 1.79. The van der Waals surface area contributed by atoms with Crippen LogP contribution >= 0.6 is 22.9 Å². The topological polar surface area (TPSA) is 54.0 Å². The van der Waals surface area contributed by atoms with Crippen molar-refractivity contribution < 1.29 is 4.79 Å². The molecule has 1 aliphatic carbocycles. The molecule has 6 heteroatoms. The Labute approximate surface area is 110 Å². The minimum Gasteiger partial charge on any atom is -0.335 e. The van der Waals surface area contributed by atoms with E-state index >= 15 is 0 Å². The Hall–Kier alpha value is -0.810. The van der Waals surface area contributed by atoms with Crippen molar-refractivity contribution in [3.05, 3.63) is 11.1 Å². The highest BCUT2D eigenvalue weighted by Gasteiger charge is 2.16. The second kappa shape index (κ2) is 6.21. The molecule has 94 valence electrons. The summed E-state index contributed by atoms with van der Waals surface area (Å²) in [5.74, 6) is 0.377. The van der Waals surface area contributed by atoms with E-state index in [2.05, 4.69) is 15.6 Å². The molecule has 1 fully saturated rings. The molecule has 2 amide bonds. The van der Waals surface area contributed by atoms with Gasteiger partial charge in [-0.1, -0.05) is 19.3 Å². The number of alkyl halides is 1. The zero-order valence-corrected chi connectivity index (χ0v) is 11.1. The second-order valence-electron chi connectivity index (χ2n) is 4.21. The van der Waals surface area contributed by atoms with E-state index in [4.69, 9.17) is 11.6 Å². The maximum absolute atomic E-state index is 11.7. The average Bonchev–Trinajstić information content (AvgIpc) is 2.78. The molecule has 1 aromatic rings. The van der Waals surface area contributed by atoms with Crippen LogP contribution in [0.3, 0.4) is 0 Å². The lowest BCUT2D eigenvalue weighted by Gasteiger charge is -2.22. The van der Waals surface area contributed by atoms with Gasteiger partial charge in [0.1, 0.15) is 0 Å². The third kappa shape index (κ3) is 3.85. The molecule has 0 unspecified atom stereocenters. The number of hydrogen-bond donors (Lipinski definition) is 2. The Morgan fingerprint density at radius 2 is 2.24 bits per heavy atom. The molecule has 0 aliphatic heterocycles. The van der Waals surface area contributed by atoms with Gasteiger partial charge in [0.15, 0.2) is 5.13 Å². The number of urea groups is 1. The van der Waals surface area contributed by atoms with E-state index < -0.39 is 0 Å². The van der Waals surface area contributed by atoms with Crippen molar-refractivity contribution in [2.75, 3.05) is 5.32 Å². The Morgan fingerprint density at radius 3 is 2.88 bits per heavy atom. The van der Waals surface area contributed by atoms with Gasteiger partial charge >= 0.3 is 6.03 Å². The predicted molar refractivity (Wildman–Crippen MR) is 70.7 cm³/mol. The summed E-state index contributed by atoms with van der Waals surface area (Å²) >= 11 is 7.05. The number of anilines is 1.